The Morgan fingerprint density at radius 2 is 1.94 bits per heavy atom. The number of allylic oxidation sites excluding steroid dienone is 1. The van der Waals surface area contributed by atoms with Crippen LogP contribution in [0.15, 0.2) is 54.7 Å². The smallest absolute Gasteiger partial charge is 0.255 e. The molecule has 2 aliphatic rings. The molecule has 0 radical (unpaired) electrons. The monoisotopic (exact) mass is 440 g/mol. The summed E-state index contributed by atoms with van der Waals surface area (Å²) in [6.07, 6.45) is 4.51. The fourth-order valence-corrected chi connectivity index (χ4v) is 3.93. The third-order valence-electron chi connectivity index (χ3n) is 5.96. The summed E-state index contributed by atoms with van der Waals surface area (Å²) in [5.41, 5.74) is 4.54. The molecule has 0 spiro atoms. The average Bonchev–Trinajstić information content (AvgIpc) is 3.38. The maximum absolute atomic E-state index is 14.9. The van der Waals surface area contributed by atoms with E-state index in [-0.39, 0.29) is 19.6 Å². The Kier molecular flexibility index (Phi) is 6.48. The number of hydrogen-bond donors (Lipinski definition) is 1. The van der Waals surface area contributed by atoms with Gasteiger partial charge in [-0.05, 0) is 34.4 Å². The summed E-state index contributed by atoms with van der Waals surface area (Å²) in [6, 6.07) is 13.4. The van der Waals surface area contributed by atoms with Crippen LogP contribution in [0.2, 0.25) is 0 Å². The zero-order valence-electron chi connectivity index (χ0n) is 17.9. The van der Waals surface area contributed by atoms with Crippen LogP contribution in [-0.4, -0.2) is 24.0 Å². The molecule has 3 nitrogen and oxygen atoms in total. The van der Waals surface area contributed by atoms with Gasteiger partial charge in [-0.3, -0.25) is 4.90 Å². The van der Waals surface area contributed by atoms with Gasteiger partial charge in [-0.25, -0.2) is 13.2 Å². The lowest BCUT2D eigenvalue weighted by molar-refractivity contribution is 0.0855. The van der Waals surface area contributed by atoms with Gasteiger partial charge in [0.05, 0.1) is 12.5 Å². The van der Waals surface area contributed by atoms with Gasteiger partial charge in [0.1, 0.15) is 11.9 Å². The first kappa shape index (κ1) is 22.3. The lowest BCUT2D eigenvalue weighted by Gasteiger charge is -2.31. The number of nitrogens with zero attached hydrogens (tertiary/aromatic N) is 1. The van der Waals surface area contributed by atoms with Crippen molar-refractivity contribution in [2.45, 2.75) is 44.6 Å². The molecule has 2 atom stereocenters. The molecule has 1 aliphatic carbocycles. The van der Waals surface area contributed by atoms with Crippen molar-refractivity contribution >= 4 is 0 Å². The number of rotatable bonds is 9. The van der Waals surface area contributed by atoms with Crippen LogP contribution < -0.4 is 10.1 Å². The van der Waals surface area contributed by atoms with Crippen LogP contribution in [0.4, 0.5) is 13.2 Å². The summed E-state index contributed by atoms with van der Waals surface area (Å²) in [4.78, 5) is 2.07. The molecular weight excluding hydrogens is 413 g/mol. The number of nitrogens with one attached hydrogen (secondary N) is 1. The molecule has 1 aliphatic heterocycles. The molecule has 2 aromatic rings. The Morgan fingerprint density at radius 3 is 2.62 bits per heavy atom. The first-order valence-electron chi connectivity index (χ1n) is 10.8. The molecule has 0 amide bonds. The van der Waals surface area contributed by atoms with Crippen molar-refractivity contribution in [3.8, 4) is 18.1 Å². The minimum absolute atomic E-state index is 0.0294. The fraction of sp³-hybridized carbons (Fsp3) is 0.385. The summed E-state index contributed by atoms with van der Waals surface area (Å²) >= 11 is 0. The van der Waals surface area contributed by atoms with Gasteiger partial charge in [-0.15, -0.1) is 12.3 Å². The number of halogens is 3. The normalized spacial score (nSPS) is 21.3. The molecule has 32 heavy (non-hydrogen) atoms. The molecule has 1 fully saturated rings. The molecule has 0 bridgehead atoms. The topological polar surface area (TPSA) is 24.5 Å². The lowest BCUT2D eigenvalue weighted by Crippen LogP contribution is -2.31. The van der Waals surface area contributed by atoms with E-state index in [1.165, 1.54) is 0 Å². The van der Waals surface area contributed by atoms with Crippen molar-refractivity contribution in [2.75, 3.05) is 13.2 Å². The molecule has 6 heteroatoms. The van der Waals surface area contributed by atoms with Gasteiger partial charge < -0.3 is 10.1 Å². The van der Waals surface area contributed by atoms with Crippen LogP contribution in [0, 0.1) is 18.3 Å². The number of alkyl halides is 3. The number of benzene rings is 2. The first-order chi connectivity index (χ1) is 15.3. The highest BCUT2D eigenvalue weighted by atomic mass is 19.3. The van der Waals surface area contributed by atoms with Crippen molar-refractivity contribution in [2.24, 2.45) is 5.92 Å². The minimum Gasteiger partial charge on any atom is -0.493 e. The molecule has 0 saturated heterocycles. The van der Waals surface area contributed by atoms with Gasteiger partial charge in [0, 0.05) is 44.7 Å². The van der Waals surface area contributed by atoms with Crippen LogP contribution in [0.5, 0.6) is 5.75 Å². The maximum Gasteiger partial charge on any atom is 0.255 e. The number of ether oxygens (including phenoxy) is 1. The SMILES string of the molecule is C#CCC(=C)NCc1ccc(CN2Cc3ccc(OCC4CC4(F)F)cc3C(F)C2)cc1. The Bertz CT molecular complexity index is 1010. The van der Waals surface area contributed by atoms with Gasteiger partial charge in [0.2, 0.25) is 0 Å². The number of terminal acetylenes is 1. The summed E-state index contributed by atoms with van der Waals surface area (Å²) in [5.74, 6) is -0.321. The zero-order chi connectivity index (χ0) is 22.7. The van der Waals surface area contributed by atoms with Crippen molar-refractivity contribution < 1.29 is 17.9 Å². The number of fused-ring (bicyclic) bond motifs is 1. The van der Waals surface area contributed by atoms with Gasteiger partial charge >= 0.3 is 0 Å². The Labute approximate surface area is 187 Å². The van der Waals surface area contributed by atoms with Crippen molar-refractivity contribution in [1.82, 2.24) is 10.2 Å². The molecule has 4 rings (SSSR count). The summed E-state index contributed by atoms with van der Waals surface area (Å²) in [6.45, 7) is 6.07. The third kappa shape index (κ3) is 5.46. The van der Waals surface area contributed by atoms with Gasteiger partial charge in [-0.2, -0.15) is 0 Å². The zero-order valence-corrected chi connectivity index (χ0v) is 17.9. The molecule has 1 N–H and O–H groups in total. The standard InChI is InChI=1S/C26H27F3N2O/c1-3-4-18(2)30-13-19-5-7-20(8-6-19)14-31-15-21-9-10-23(11-24(21)25(27)16-31)32-17-22-12-26(22,28)29/h1,5-11,22,25,30H,2,4,12-17H2. The molecule has 2 unspecified atom stereocenters. The lowest BCUT2D eigenvalue weighted by atomic mass is 9.97. The van der Waals surface area contributed by atoms with Crippen LogP contribution in [0.1, 0.15) is 41.3 Å². The minimum atomic E-state index is -2.61. The highest BCUT2D eigenvalue weighted by Gasteiger charge is 2.57. The third-order valence-corrected chi connectivity index (χ3v) is 5.96. The molecule has 2 aromatic carbocycles. The fourth-order valence-electron chi connectivity index (χ4n) is 3.93. The van der Waals surface area contributed by atoms with E-state index in [4.69, 9.17) is 11.2 Å². The summed E-state index contributed by atoms with van der Waals surface area (Å²) in [5, 5.41) is 3.20. The molecule has 168 valence electrons. The number of hydrogen-bond acceptors (Lipinski definition) is 3. The first-order valence-corrected chi connectivity index (χ1v) is 10.8. The summed E-state index contributed by atoms with van der Waals surface area (Å²) < 4.78 is 46.4. The predicted octanol–water partition coefficient (Wildman–Crippen LogP) is 5.37. The molecule has 1 heterocycles. The van der Waals surface area contributed by atoms with E-state index in [9.17, 15) is 13.2 Å². The highest BCUT2D eigenvalue weighted by molar-refractivity contribution is 5.39. The maximum atomic E-state index is 14.9. The Morgan fingerprint density at radius 1 is 1.22 bits per heavy atom. The van der Waals surface area contributed by atoms with E-state index in [1.807, 2.05) is 30.3 Å². The van der Waals surface area contributed by atoms with Gasteiger partial charge in [0.15, 0.2) is 0 Å². The molecular formula is C26H27F3N2O. The Hall–Kier alpha value is -2.91. The van der Waals surface area contributed by atoms with Crippen LogP contribution in [0.25, 0.3) is 0 Å². The van der Waals surface area contributed by atoms with E-state index in [1.54, 1.807) is 12.1 Å². The second-order valence-electron chi connectivity index (χ2n) is 8.63. The van der Waals surface area contributed by atoms with Crippen molar-refractivity contribution in [3.63, 3.8) is 0 Å². The van der Waals surface area contributed by atoms with E-state index in [2.05, 4.69) is 22.7 Å². The molecule has 0 aromatic heterocycles. The second kappa shape index (κ2) is 9.30. The van der Waals surface area contributed by atoms with E-state index in [0.29, 0.717) is 37.4 Å². The quantitative estimate of drug-likeness (QED) is 0.531. The van der Waals surface area contributed by atoms with Gasteiger partial charge in [-0.1, -0.05) is 36.9 Å². The van der Waals surface area contributed by atoms with Crippen molar-refractivity contribution in [3.05, 3.63) is 77.0 Å². The van der Waals surface area contributed by atoms with E-state index in [0.717, 1.165) is 22.4 Å². The van der Waals surface area contributed by atoms with E-state index >= 15 is 0 Å². The van der Waals surface area contributed by atoms with Crippen LogP contribution in [-0.2, 0) is 19.6 Å². The second-order valence-corrected chi connectivity index (χ2v) is 8.63. The average molecular weight is 441 g/mol. The van der Waals surface area contributed by atoms with E-state index < -0.39 is 18.0 Å². The largest absolute Gasteiger partial charge is 0.493 e. The molecule has 1 saturated carbocycles. The van der Waals surface area contributed by atoms with Gasteiger partial charge in [0.25, 0.3) is 5.92 Å². The van der Waals surface area contributed by atoms with Crippen LogP contribution >= 0.6 is 0 Å². The predicted molar refractivity (Wildman–Crippen MR) is 119 cm³/mol. The summed E-state index contributed by atoms with van der Waals surface area (Å²) in [7, 11) is 0. The van der Waals surface area contributed by atoms with Crippen molar-refractivity contribution in [1.29, 1.82) is 0 Å². The highest BCUT2D eigenvalue weighted by Crippen LogP contribution is 2.48. The Balaban J connectivity index is 1.31. The van der Waals surface area contributed by atoms with Crippen LogP contribution in [0.3, 0.4) is 0 Å².